The Morgan fingerprint density at radius 2 is 2.04 bits per heavy atom. The highest BCUT2D eigenvalue weighted by Gasteiger charge is 2.29. The summed E-state index contributed by atoms with van der Waals surface area (Å²) in [7, 11) is 0. The molecule has 2 aromatic carbocycles. The number of carbonyl (C=O) groups is 1. The lowest BCUT2D eigenvalue weighted by Crippen LogP contribution is -2.19. The van der Waals surface area contributed by atoms with Gasteiger partial charge in [0.1, 0.15) is 5.25 Å². The van der Waals surface area contributed by atoms with Crippen molar-refractivity contribution in [1.29, 1.82) is 0 Å². The highest BCUT2D eigenvalue weighted by atomic mass is 35.5. The molecule has 1 aliphatic heterocycles. The van der Waals surface area contributed by atoms with E-state index >= 15 is 0 Å². The third-order valence-electron chi connectivity index (χ3n) is 3.82. The van der Waals surface area contributed by atoms with Crippen LogP contribution in [0.1, 0.15) is 11.5 Å². The summed E-state index contributed by atoms with van der Waals surface area (Å²) in [6.45, 7) is -0.0349. The fraction of sp³-hybridized carbons (Fsp3) is 0.167. The number of hydrogen-bond donors (Lipinski definition) is 0. The summed E-state index contributed by atoms with van der Waals surface area (Å²) in [5.41, 5.74) is 1.96. The number of esters is 1. The molecule has 0 aliphatic carbocycles. The molecule has 5 nitrogen and oxygen atoms in total. The van der Waals surface area contributed by atoms with Crippen molar-refractivity contribution in [2.75, 3.05) is 0 Å². The van der Waals surface area contributed by atoms with Gasteiger partial charge in [-0.3, -0.25) is 4.79 Å². The molecule has 2 heterocycles. The summed E-state index contributed by atoms with van der Waals surface area (Å²) in [5, 5.41) is 4.31. The molecule has 0 radical (unpaired) electrons. The van der Waals surface area contributed by atoms with Crippen molar-refractivity contribution in [2.24, 2.45) is 0 Å². The van der Waals surface area contributed by atoms with Crippen molar-refractivity contribution in [3.05, 3.63) is 65.0 Å². The van der Waals surface area contributed by atoms with Gasteiger partial charge in [0, 0.05) is 15.5 Å². The minimum absolute atomic E-state index is 0.0349. The first-order chi connectivity index (χ1) is 12.2. The van der Waals surface area contributed by atoms with Gasteiger partial charge in [-0.1, -0.05) is 35.0 Å². The van der Waals surface area contributed by atoms with Crippen LogP contribution in [0.4, 0.5) is 0 Å². The van der Waals surface area contributed by atoms with Gasteiger partial charge in [0.05, 0.1) is 0 Å². The fourth-order valence-electron chi connectivity index (χ4n) is 2.57. The Hall–Kier alpha value is -2.31. The lowest BCUT2D eigenvalue weighted by Gasteiger charge is -2.06. The van der Waals surface area contributed by atoms with Crippen LogP contribution in [0.5, 0.6) is 0 Å². The van der Waals surface area contributed by atoms with E-state index in [2.05, 4.69) is 10.1 Å². The van der Waals surface area contributed by atoms with Gasteiger partial charge in [-0.05, 0) is 42.3 Å². The zero-order chi connectivity index (χ0) is 17.2. The average Bonchev–Trinajstić information content (AvgIpc) is 3.27. The van der Waals surface area contributed by atoms with Gasteiger partial charge in [-0.2, -0.15) is 4.98 Å². The summed E-state index contributed by atoms with van der Waals surface area (Å²) in [5.74, 6) is 0.427. The number of halogens is 1. The molecule has 1 aromatic heterocycles. The molecule has 0 saturated heterocycles. The second kappa shape index (κ2) is 6.90. The molecule has 0 spiro atoms. The molecule has 0 saturated carbocycles. The van der Waals surface area contributed by atoms with E-state index in [1.165, 1.54) is 17.3 Å². The number of aromatic nitrogens is 2. The predicted octanol–water partition coefficient (Wildman–Crippen LogP) is 4.15. The Morgan fingerprint density at radius 3 is 2.84 bits per heavy atom. The summed E-state index contributed by atoms with van der Waals surface area (Å²) in [6.07, 6.45) is 0.680. The number of thioether (sulfide) groups is 1. The minimum Gasteiger partial charge on any atom is -0.455 e. The fourth-order valence-corrected chi connectivity index (χ4v) is 3.89. The summed E-state index contributed by atoms with van der Waals surface area (Å²) < 4.78 is 10.5. The number of nitrogens with zero attached hydrogens (tertiary/aromatic N) is 2. The van der Waals surface area contributed by atoms with Crippen molar-refractivity contribution in [1.82, 2.24) is 10.1 Å². The maximum atomic E-state index is 12.3. The van der Waals surface area contributed by atoms with Crippen LogP contribution in [0, 0.1) is 0 Å². The predicted molar refractivity (Wildman–Crippen MR) is 94.3 cm³/mol. The van der Waals surface area contributed by atoms with E-state index < -0.39 is 0 Å². The van der Waals surface area contributed by atoms with E-state index in [1.807, 2.05) is 24.3 Å². The lowest BCUT2D eigenvalue weighted by atomic mass is 10.1. The average molecular weight is 373 g/mol. The molecule has 0 fully saturated rings. The molecule has 1 unspecified atom stereocenters. The van der Waals surface area contributed by atoms with Crippen molar-refractivity contribution in [2.45, 2.75) is 23.2 Å². The van der Waals surface area contributed by atoms with Crippen LogP contribution in [0.3, 0.4) is 0 Å². The molecule has 0 bridgehead atoms. The topological polar surface area (TPSA) is 65.2 Å². The van der Waals surface area contributed by atoms with E-state index in [0.717, 1.165) is 10.5 Å². The van der Waals surface area contributed by atoms with Gasteiger partial charge in [0.2, 0.25) is 5.82 Å². The zero-order valence-electron chi connectivity index (χ0n) is 13.0. The van der Waals surface area contributed by atoms with Gasteiger partial charge in [-0.25, -0.2) is 0 Å². The number of hydrogen-bond acceptors (Lipinski definition) is 6. The minimum atomic E-state index is -0.271. The number of ether oxygens (including phenoxy) is 1. The molecular formula is C18H13ClN2O3S. The SMILES string of the molecule is O=C(OCc1nc(-c2ccc(Cl)cc2)no1)C1Cc2ccccc2S1. The first-order valence-corrected chi connectivity index (χ1v) is 8.94. The molecule has 3 aromatic rings. The number of rotatable bonds is 4. The van der Waals surface area contributed by atoms with E-state index in [-0.39, 0.29) is 23.7 Å². The second-order valence-corrected chi connectivity index (χ2v) is 7.23. The van der Waals surface area contributed by atoms with E-state index in [0.29, 0.717) is 17.3 Å². The molecule has 25 heavy (non-hydrogen) atoms. The van der Waals surface area contributed by atoms with Crippen LogP contribution in [-0.4, -0.2) is 21.4 Å². The molecule has 0 N–H and O–H groups in total. The van der Waals surface area contributed by atoms with Crippen LogP contribution in [0.25, 0.3) is 11.4 Å². The molecule has 1 aliphatic rings. The zero-order valence-corrected chi connectivity index (χ0v) is 14.6. The quantitative estimate of drug-likeness (QED) is 0.641. The smallest absolute Gasteiger partial charge is 0.320 e. The van der Waals surface area contributed by atoms with Crippen molar-refractivity contribution in [3.8, 4) is 11.4 Å². The van der Waals surface area contributed by atoms with Crippen LogP contribution in [0.15, 0.2) is 57.9 Å². The Balaban J connectivity index is 1.36. The second-order valence-electron chi connectivity index (χ2n) is 5.54. The highest BCUT2D eigenvalue weighted by Crippen LogP contribution is 2.37. The molecule has 126 valence electrons. The van der Waals surface area contributed by atoms with Gasteiger partial charge >= 0.3 is 5.97 Å². The monoisotopic (exact) mass is 372 g/mol. The van der Waals surface area contributed by atoms with Gasteiger partial charge in [-0.15, -0.1) is 11.8 Å². The molecule has 4 rings (SSSR count). The van der Waals surface area contributed by atoms with Crippen molar-refractivity contribution in [3.63, 3.8) is 0 Å². The number of benzene rings is 2. The first-order valence-electron chi connectivity index (χ1n) is 7.69. The summed E-state index contributed by atoms with van der Waals surface area (Å²) >= 11 is 7.39. The third kappa shape index (κ3) is 3.55. The molecule has 0 amide bonds. The Labute approximate surface area is 153 Å². The number of carbonyl (C=O) groups excluding carboxylic acids is 1. The van der Waals surface area contributed by atoms with E-state index in [9.17, 15) is 4.79 Å². The highest BCUT2D eigenvalue weighted by molar-refractivity contribution is 8.01. The maximum Gasteiger partial charge on any atom is 0.320 e. The summed E-state index contributed by atoms with van der Waals surface area (Å²) in [4.78, 5) is 17.6. The molecular weight excluding hydrogens is 360 g/mol. The molecule has 1 atom stereocenters. The van der Waals surface area contributed by atoms with Gasteiger partial charge < -0.3 is 9.26 Å². The van der Waals surface area contributed by atoms with Crippen LogP contribution in [-0.2, 0) is 22.6 Å². The Kier molecular flexibility index (Phi) is 4.46. The van der Waals surface area contributed by atoms with Gasteiger partial charge in [0.15, 0.2) is 6.61 Å². The Morgan fingerprint density at radius 1 is 1.24 bits per heavy atom. The molecule has 7 heteroatoms. The standard InChI is InChI=1S/C18H13ClN2O3S/c19-13-7-5-11(6-8-13)17-20-16(24-21-17)10-23-18(22)15-9-12-3-1-2-4-14(12)25-15/h1-8,15H,9-10H2. The van der Waals surface area contributed by atoms with Crippen LogP contribution < -0.4 is 0 Å². The lowest BCUT2D eigenvalue weighted by molar-refractivity contribution is -0.145. The van der Waals surface area contributed by atoms with Gasteiger partial charge in [0.25, 0.3) is 5.89 Å². The normalized spacial score (nSPS) is 15.8. The largest absolute Gasteiger partial charge is 0.455 e. The maximum absolute atomic E-state index is 12.3. The van der Waals surface area contributed by atoms with Crippen LogP contribution >= 0.6 is 23.4 Å². The summed E-state index contributed by atoms with van der Waals surface area (Å²) in [6, 6.07) is 15.1. The van der Waals surface area contributed by atoms with E-state index in [4.69, 9.17) is 20.9 Å². The number of fused-ring (bicyclic) bond motifs is 1. The first kappa shape index (κ1) is 16.2. The van der Waals surface area contributed by atoms with Crippen LogP contribution in [0.2, 0.25) is 5.02 Å². The third-order valence-corrected chi connectivity index (χ3v) is 5.37. The Bertz CT molecular complexity index is 886. The van der Waals surface area contributed by atoms with Crippen molar-refractivity contribution >= 4 is 29.3 Å². The van der Waals surface area contributed by atoms with E-state index in [1.54, 1.807) is 24.3 Å². The van der Waals surface area contributed by atoms with Crippen molar-refractivity contribution < 1.29 is 14.1 Å².